The van der Waals surface area contributed by atoms with E-state index in [1.807, 2.05) is 14.0 Å². The van der Waals surface area contributed by atoms with Crippen molar-refractivity contribution in [2.24, 2.45) is 5.73 Å². The highest BCUT2D eigenvalue weighted by molar-refractivity contribution is 5.80. The van der Waals surface area contributed by atoms with Crippen molar-refractivity contribution < 1.29 is 4.79 Å². The third-order valence-corrected chi connectivity index (χ3v) is 2.50. The Morgan fingerprint density at radius 3 is 2.57 bits per heavy atom. The van der Waals surface area contributed by atoms with Crippen LogP contribution < -0.4 is 11.1 Å². The highest BCUT2D eigenvalue weighted by atomic mass is 16.2. The Labute approximate surface area is 86.8 Å². The Morgan fingerprint density at radius 1 is 1.43 bits per heavy atom. The second-order valence-corrected chi connectivity index (χ2v) is 3.62. The van der Waals surface area contributed by atoms with Gasteiger partial charge in [-0.25, -0.2) is 0 Å². The van der Waals surface area contributed by atoms with Crippen LogP contribution in [0.5, 0.6) is 0 Å². The van der Waals surface area contributed by atoms with Crippen molar-refractivity contribution in [2.45, 2.75) is 32.2 Å². The molecule has 0 aliphatic heterocycles. The molecule has 4 heteroatoms. The van der Waals surface area contributed by atoms with Crippen LogP contribution in [-0.2, 0) is 4.79 Å². The predicted octanol–water partition coefficient (Wildman–Crippen LogP) is 0.182. The molecule has 1 amide bonds. The topological polar surface area (TPSA) is 58.4 Å². The van der Waals surface area contributed by atoms with E-state index >= 15 is 0 Å². The number of amides is 1. The summed E-state index contributed by atoms with van der Waals surface area (Å²) in [7, 11) is 3.64. The lowest BCUT2D eigenvalue weighted by atomic mass is 10.2. The maximum Gasteiger partial charge on any atom is 0.236 e. The summed E-state index contributed by atoms with van der Waals surface area (Å²) < 4.78 is 0. The zero-order valence-electron chi connectivity index (χ0n) is 9.55. The Hall–Kier alpha value is -0.610. The number of carbonyl (C=O) groups is 1. The smallest absolute Gasteiger partial charge is 0.236 e. The predicted molar refractivity (Wildman–Crippen MR) is 59.1 cm³/mol. The minimum absolute atomic E-state index is 0.0436. The Kier molecular flexibility index (Phi) is 7.42. The average molecular weight is 201 g/mol. The number of nitrogens with one attached hydrogen (secondary N) is 1. The standard InChI is InChI=1S/C10H23N3O/c1-9(10(14)12-2)13(3)8-6-4-5-7-11/h9H,4-8,11H2,1-3H3,(H,12,14). The molecule has 0 saturated carbocycles. The number of unbranched alkanes of at least 4 members (excludes halogenated alkanes) is 2. The molecule has 0 rings (SSSR count). The van der Waals surface area contributed by atoms with Gasteiger partial charge in [0.2, 0.25) is 5.91 Å². The molecule has 3 N–H and O–H groups in total. The highest BCUT2D eigenvalue weighted by Crippen LogP contribution is 2.00. The molecule has 14 heavy (non-hydrogen) atoms. The van der Waals surface area contributed by atoms with Crippen LogP contribution in [0.3, 0.4) is 0 Å². The van der Waals surface area contributed by atoms with Crippen molar-refractivity contribution >= 4 is 5.91 Å². The summed E-state index contributed by atoms with van der Waals surface area (Å²) in [5.74, 6) is 0.0753. The van der Waals surface area contributed by atoms with Crippen LogP contribution >= 0.6 is 0 Å². The third-order valence-electron chi connectivity index (χ3n) is 2.50. The zero-order chi connectivity index (χ0) is 11.0. The molecule has 0 aromatic heterocycles. The fraction of sp³-hybridized carbons (Fsp3) is 0.900. The van der Waals surface area contributed by atoms with Crippen molar-refractivity contribution in [2.75, 3.05) is 27.2 Å². The van der Waals surface area contributed by atoms with E-state index in [1.165, 1.54) is 0 Å². The SMILES string of the molecule is CNC(=O)C(C)N(C)CCCCCN. The lowest BCUT2D eigenvalue weighted by Gasteiger charge is -2.22. The highest BCUT2D eigenvalue weighted by Gasteiger charge is 2.15. The van der Waals surface area contributed by atoms with Gasteiger partial charge in [-0.05, 0) is 39.9 Å². The quantitative estimate of drug-likeness (QED) is 0.578. The number of nitrogens with two attached hydrogens (primary N) is 1. The van der Waals surface area contributed by atoms with Crippen LogP contribution in [0, 0.1) is 0 Å². The molecule has 0 radical (unpaired) electrons. The molecule has 0 saturated heterocycles. The van der Waals surface area contributed by atoms with Crippen LogP contribution in [0.2, 0.25) is 0 Å². The van der Waals surface area contributed by atoms with Crippen molar-refractivity contribution in [1.29, 1.82) is 0 Å². The van der Waals surface area contributed by atoms with Crippen molar-refractivity contribution in [3.8, 4) is 0 Å². The summed E-state index contributed by atoms with van der Waals surface area (Å²) in [5.41, 5.74) is 5.40. The van der Waals surface area contributed by atoms with Crippen molar-refractivity contribution in [1.82, 2.24) is 10.2 Å². The minimum atomic E-state index is -0.0436. The van der Waals surface area contributed by atoms with Crippen LogP contribution in [0.25, 0.3) is 0 Å². The first-order valence-electron chi connectivity index (χ1n) is 5.25. The van der Waals surface area contributed by atoms with E-state index < -0.39 is 0 Å². The molecule has 84 valence electrons. The number of nitrogens with zero attached hydrogens (tertiary/aromatic N) is 1. The average Bonchev–Trinajstić information content (AvgIpc) is 2.21. The maximum absolute atomic E-state index is 11.3. The molecule has 0 aliphatic carbocycles. The van der Waals surface area contributed by atoms with E-state index in [-0.39, 0.29) is 11.9 Å². The molecule has 0 fully saturated rings. The van der Waals surface area contributed by atoms with Gasteiger partial charge >= 0.3 is 0 Å². The number of likely N-dealkylation sites (N-methyl/N-ethyl adjacent to an activating group) is 2. The normalized spacial score (nSPS) is 12.9. The van der Waals surface area contributed by atoms with Gasteiger partial charge in [0, 0.05) is 7.05 Å². The maximum atomic E-state index is 11.3. The first-order valence-corrected chi connectivity index (χ1v) is 5.25. The van der Waals surface area contributed by atoms with Gasteiger partial charge in [-0.1, -0.05) is 6.42 Å². The minimum Gasteiger partial charge on any atom is -0.358 e. The third kappa shape index (κ3) is 5.19. The van der Waals surface area contributed by atoms with Crippen LogP contribution in [0.4, 0.5) is 0 Å². The van der Waals surface area contributed by atoms with Crippen LogP contribution in [-0.4, -0.2) is 44.0 Å². The van der Waals surface area contributed by atoms with E-state index in [9.17, 15) is 4.79 Å². The summed E-state index contributed by atoms with van der Waals surface area (Å²) >= 11 is 0. The molecule has 0 aliphatic rings. The molecule has 1 atom stereocenters. The summed E-state index contributed by atoms with van der Waals surface area (Å²) in [6, 6.07) is -0.0436. The Balaban J connectivity index is 3.61. The van der Waals surface area contributed by atoms with Gasteiger partial charge in [0.25, 0.3) is 0 Å². The molecule has 4 nitrogen and oxygen atoms in total. The molecule has 0 aromatic rings. The van der Waals surface area contributed by atoms with E-state index in [4.69, 9.17) is 5.73 Å². The molecular weight excluding hydrogens is 178 g/mol. The lowest BCUT2D eigenvalue weighted by molar-refractivity contribution is -0.124. The summed E-state index contributed by atoms with van der Waals surface area (Å²) in [6.45, 7) is 3.63. The van der Waals surface area contributed by atoms with Crippen molar-refractivity contribution in [3.63, 3.8) is 0 Å². The largest absolute Gasteiger partial charge is 0.358 e. The van der Waals surface area contributed by atoms with Gasteiger partial charge in [0.1, 0.15) is 0 Å². The first-order chi connectivity index (χ1) is 6.63. The molecule has 1 unspecified atom stereocenters. The summed E-state index contributed by atoms with van der Waals surface area (Å²) in [6.07, 6.45) is 3.32. The molecular formula is C10H23N3O. The van der Waals surface area contributed by atoms with Crippen LogP contribution in [0.15, 0.2) is 0 Å². The van der Waals surface area contributed by atoms with Gasteiger partial charge in [-0.3, -0.25) is 9.69 Å². The molecule has 0 bridgehead atoms. The number of hydrogen-bond acceptors (Lipinski definition) is 3. The molecule has 0 heterocycles. The van der Waals surface area contributed by atoms with Gasteiger partial charge in [0.05, 0.1) is 6.04 Å². The van der Waals surface area contributed by atoms with E-state index in [0.29, 0.717) is 0 Å². The Morgan fingerprint density at radius 2 is 2.07 bits per heavy atom. The van der Waals surface area contributed by atoms with Gasteiger partial charge in [-0.15, -0.1) is 0 Å². The monoisotopic (exact) mass is 201 g/mol. The van der Waals surface area contributed by atoms with Crippen molar-refractivity contribution in [3.05, 3.63) is 0 Å². The van der Waals surface area contributed by atoms with Crippen LogP contribution in [0.1, 0.15) is 26.2 Å². The number of rotatable bonds is 7. The van der Waals surface area contributed by atoms with Gasteiger partial charge in [-0.2, -0.15) is 0 Å². The lowest BCUT2D eigenvalue weighted by Crippen LogP contribution is -2.42. The van der Waals surface area contributed by atoms with E-state index in [2.05, 4.69) is 10.2 Å². The van der Waals surface area contributed by atoms with Gasteiger partial charge in [0.15, 0.2) is 0 Å². The summed E-state index contributed by atoms with van der Waals surface area (Å²) in [4.78, 5) is 13.3. The zero-order valence-corrected chi connectivity index (χ0v) is 9.55. The Bertz CT molecular complexity index is 161. The second-order valence-electron chi connectivity index (χ2n) is 3.62. The fourth-order valence-electron chi connectivity index (χ4n) is 1.29. The first kappa shape index (κ1) is 13.4. The van der Waals surface area contributed by atoms with E-state index in [1.54, 1.807) is 7.05 Å². The second kappa shape index (κ2) is 7.76. The number of carbonyl (C=O) groups excluding carboxylic acids is 1. The number of hydrogen-bond donors (Lipinski definition) is 2. The summed E-state index contributed by atoms with van der Waals surface area (Å²) in [5, 5.41) is 2.65. The fourth-order valence-corrected chi connectivity index (χ4v) is 1.29. The molecule has 0 aromatic carbocycles. The molecule has 0 spiro atoms. The van der Waals surface area contributed by atoms with Gasteiger partial charge < -0.3 is 11.1 Å². The van der Waals surface area contributed by atoms with E-state index in [0.717, 1.165) is 32.4 Å².